The van der Waals surface area contributed by atoms with Crippen LogP contribution in [0.3, 0.4) is 0 Å². The molecule has 2 aromatic carbocycles. The van der Waals surface area contributed by atoms with Crippen molar-refractivity contribution in [3.63, 3.8) is 0 Å². The lowest BCUT2D eigenvalue weighted by atomic mass is 10.1. The number of fused-ring (bicyclic) bond motifs is 2. The summed E-state index contributed by atoms with van der Waals surface area (Å²) < 4.78 is 1.82. The van der Waals surface area contributed by atoms with Gasteiger partial charge in [0, 0.05) is 17.5 Å². The molecule has 0 spiro atoms. The molecule has 4 aromatic rings. The van der Waals surface area contributed by atoms with Crippen LogP contribution in [0.2, 0.25) is 0 Å². The lowest BCUT2D eigenvalue weighted by Gasteiger charge is -2.06. The van der Waals surface area contributed by atoms with Crippen LogP contribution in [0, 0.1) is 13.8 Å². The lowest BCUT2D eigenvalue weighted by Crippen LogP contribution is -2.14. The van der Waals surface area contributed by atoms with Crippen molar-refractivity contribution in [2.75, 3.05) is 5.32 Å². The predicted molar refractivity (Wildman–Crippen MR) is 105 cm³/mol. The minimum absolute atomic E-state index is 0.157. The second kappa shape index (κ2) is 6.26. The van der Waals surface area contributed by atoms with Crippen LogP contribution in [0.25, 0.3) is 21.9 Å². The standard InChI is InChI=1S/C21H20N4O/c1-4-25-20-17(12-15-11-13(2)9-10-18(15)22-20)19(24-25)23-21(26)16-8-6-5-7-14(16)3/h5-12H,4H2,1-3H3,(H,23,24,26). The fourth-order valence-electron chi connectivity index (χ4n) is 3.19. The smallest absolute Gasteiger partial charge is 0.257 e. The molecule has 130 valence electrons. The number of hydrogen-bond acceptors (Lipinski definition) is 3. The van der Waals surface area contributed by atoms with E-state index in [0.29, 0.717) is 17.9 Å². The van der Waals surface area contributed by atoms with Gasteiger partial charge in [-0.25, -0.2) is 9.67 Å². The quantitative estimate of drug-likeness (QED) is 0.596. The van der Waals surface area contributed by atoms with Gasteiger partial charge in [0.15, 0.2) is 11.5 Å². The van der Waals surface area contributed by atoms with Gasteiger partial charge in [-0.2, -0.15) is 5.10 Å². The first-order chi connectivity index (χ1) is 12.6. The van der Waals surface area contributed by atoms with Crippen molar-refractivity contribution in [3.8, 4) is 0 Å². The number of nitrogens with zero attached hydrogens (tertiary/aromatic N) is 3. The van der Waals surface area contributed by atoms with Gasteiger partial charge in [-0.3, -0.25) is 4.79 Å². The largest absolute Gasteiger partial charge is 0.304 e. The maximum Gasteiger partial charge on any atom is 0.257 e. The molecular weight excluding hydrogens is 324 g/mol. The molecule has 4 rings (SSSR count). The highest BCUT2D eigenvalue weighted by Gasteiger charge is 2.16. The minimum atomic E-state index is -0.157. The van der Waals surface area contributed by atoms with Crippen molar-refractivity contribution in [1.82, 2.24) is 14.8 Å². The number of rotatable bonds is 3. The van der Waals surface area contributed by atoms with Gasteiger partial charge < -0.3 is 5.32 Å². The van der Waals surface area contributed by atoms with E-state index in [2.05, 4.69) is 35.5 Å². The van der Waals surface area contributed by atoms with Crippen LogP contribution >= 0.6 is 0 Å². The second-order valence-electron chi connectivity index (χ2n) is 6.49. The summed E-state index contributed by atoms with van der Waals surface area (Å²) in [5.41, 5.74) is 4.46. The molecule has 2 aromatic heterocycles. The van der Waals surface area contributed by atoms with Crippen LogP contribution in [-0.4, -0.2) is 20.7 Å². The SMILES string of the molecule is CCn1nc(NC(=O)c2ccccc2C)c2cc3cc(C)ccc3nc21. The van der Waals surface area contributed by atoms with Crippen molar-refractivity contribution in [3.05, 3.63) is 65.2 Å². The Labute approximate surface area is 151 Å². The Bertz CT molecular complexity index is 1140. The summed E-state index contributed by atoms with van der Waals surface area (Å²) >= 11 is 0. The molecule has 1 N–H and O–H groups in total. The highest BCUT2D eigenvalue weighted by Crippen LogP contribution is 2.27. The van der Waals surface area contributed by atoms with Crippen molar-refractivity contribution in [1.29, 1.82) is 0 Å². The molecular formula is C21H20N4O. The average Bonchev–Trinajstić information content (AvgIpc) is 2.97. The summed E-state index contributed by atoms with van der Waals surface area (Å²) in [6, 6.07) is 15.7. The van der Waals surface area contributed by atoms with Crippen molar-refractivity contribution < 1.29 is 4.79 Å². The summed E-state index contributed by atoms with van der Waals surface area (Å²) in [7, 11) is 0. The van der Waals surface area contributed by atoms with E-state index < -0.39 is 0 Å². The molecule has 1 amide bonds. The van der Waals surface area contributed by atoms with E-state index in [0.717, 1.165) is 27.5 Å². The van der Waals surface area contributed by atoms with E-state index in [4.69, 9.17) is 4.98 Å². The van der Waals surface area contributed by atoms with Crippen molar-refractivity contribution >= 4 is 33.7 Å². The van der Waals surface area contributed by atoms with Gasteiger partial charge in [-0.05, 0) is 50.6 Å². The topological polar surface area (TPSA) is 59.8 Å². The Morgan fingerprint density at radius 2 is 1.92 bits per heavy atom. The summed E-state index contributed by atoms with van der Waals surface area (Å²) in [6.45, 7) is 6.68. The zero-order chi connectivity index (χ0) is 18.3. The third kappa shape index (κ3) is 2.71. The predicted octanol–water partition coefficient (Wildman–Crippen LogP) is 4.47. The van der Waals surface area contributed by atoms with Gasteiger partial charge in [0.2, 0.25) is 0 Å². The third-order valence-electron chi connectivity index (χ3n) is 4.59. The van der Waals surface area contributed by atoms with E-state index in [1.54, 1.807) is 0 Å². The normalized spacial score (nSPS) is 11.2. The average molecular weight is 344 g/mol. The number of benzene rings is 2. The lowest BCUT2D eigenvalue weighted by molar-refractivity contribution is 0.102. The number of nitrogens with one attached hydrogen (secondary N) is 1. The summed E-state index contributed by atoms with van der Waals surface area (Å²) in [5, 5.41) is 9.43. The Kier molecular flexibility index (Phi) is 3.92. The number of carbonyl (C=O) groups is 1. The van der Waals surface area contributed by atoms with E-state index in [1.807, 2.05) is 48.9 Å². The number of pyridine rings is 1. The van der Waals surface area contributed by atoms with Crippen LogP contribution in [0.4, 0.5) is 5.82 Å². The summed E-state index contributed by atoms with van der Waals surface area (Å²) in [5.74, 6) is 0.390. The van der Waals surface area contributed by atoms with Crippen LogP contribution in [0.1, 0.15) is 28.4 Å². The Balaban J connectivity index is 1.84. The van der Waals surface area contributed by atoms with Crippen molar-refractivity contribution in [2.45, 2.75) is 27.3 Å². The first-order valence-electron chi connectivity index (χ1n) is 8.71. The zero-order valence-corrected chi connectivity index (χ0v) is 15.1. The molecule has 0 saturated carbocycles. The maximum atomic E-state index is 12.7. The number of carbonyl (C=O) groups excluding carboxylic acids is 1. The van der Waals surface area contributed by atoms with Gasteiger partial charge in [0.05, 0.1) is 10.9 Å². The van der Waals surface area contributed by atoms with Crippen molar-refractivity contribution in [2.24, 2.45) is 0 Å². The molecule has 0 atom stereocenters. The Morgan fingerprint density at radius 1 is 1.12 bits per heavy atom. The third-order valence-corrected chi connectivity index (χ3v) is 4.59. The zero-order valence-electron chi connectivity index (χ0n) is 15.1. The highest BCUT2D eigenvalue weighted by molar-refractivity contribution is 6.09. The molecule has 2 heterocycles. The second-order valence-corrected chi connectivity index (χ2v) is 6.49. The van der Waals surface area contributed by atoms with E-state index >= 15 is 0 Å². The number of aromatic nitrogens is 3. The molecule has 26 heavy (non-hydrogen) atoms. The maximum absolute atomic E-state index is 12.7. The molecule has 0 unspecified atom stereocenters. The number of aryl methyl sites for hydroxylation is 3. The number of hydrogen-bond donors (Lipinski definition) is 1. The molecule has 0 bridgehead atoms. The van der Waals surface area contributed by atoms with Gasteiger partial charge in [0.1, 0.15) is 0 Å². The first kappa shape index (κ1) is 16.3. The molecule has 0 radical (unpaired) electrons. The van der Waals surface area contributed by atoms with Gasteiger partial charge in [-0.15, -0.1) is 0 Å². The van der Waals surface area contributed by atoms with Gasteiger partial charge in [-0.1, -0.05) is 29.8 Å². The first-order valence-corrected chi connectivity index (χ1v) is 8.71. The van der Waals surface area contributed by atoms with Crippen LogP contribution in [0.15, 0.2) is 48.5 Å². The molecule has 5 heteroatoms. The molecule has 5 nitrogen and oxygen atoms in total. The van der Waals surface area contributed by atoms with E-state index in [9.17, 15) is 4.79 Å². The fourth-order valence-corrected chi connectivity index (χ4v) is 3.19. The molecule has 0 fully saturated rings. The van der Waals surface area contributed by atoms with Crippen LogP contribution < -0.4 is 5.32 Å². The number of amides is 1. The van der Waals surface area contributed by atoms with Crippen LogP contribution in [-0.2, 0) is 6.54 Å². The monoisotopic (exact) mass is 344 g/mol. The highest BCUT2D eigenvalue weighted by atomic mass is 16.1. The van der Waals surface area contributed by atoms with Crippen LogP contribution in [0.5, 0.6) is 0 Å². The molecule has 0 saturated heterocycles. The Morgan fingerprint density at radius 3 is 2.69 bits per heavy atom. The summed E-state index contributed by atoms with van der Waals surface area (Å²) in [6.07, 6.45) is 0. The van der Waals surface area contributed by atoms with E-state index in [-0.39, 0.29) is 5.91 Å². The molecule has 0 aliphatic carbocycles. The molecule has 0 aliphatic heterocycles. The van der Waals surface area contributed by atoms with Gasteiger partial charge >= 0.3 is 0 Å². The fraction of sp³-hybridized carbons (Fsp3) is 0.190. The van der Waals surface area contributed by atoms with E-state index in [1.165, 1.54) is 5.56 Å². The molecule has 0 aliphatic rings. The van der Waals surface area contributed by atoms with Gasteiger partial charge in [0.25, 0.3) is 5.91 Å². The number of anilines is 1. The summed E-state index contributed by atoms with van der Waals surface area (Å²) in [4.78, 5) is 17.5. The minimum Gasteiger partial charge on any atom is -0.304 e. The Hall–Kier alpha value is -3.21.